The molecule has 3 rings (SSSR count). The van der Waals surface area contributed by atoms with Crippen LogP contribution >= 0.6 is 0 Å². The van der Waals surface area contributed by atoms with E-state index in [0.29, 0.717) is 22.8 Å². The van der Waals surface area contributed by atoms with Crippen molar-refractivity contribution in [3.05, 3.63) is 47.5 Å². The van der Waals surface area contributed by atoms with Gasteiger partial charge in [0.2, 0.25) is 0 Å². The van der Waals surface area contributed by atoms with Gasteiger partial charge in [-0.05, 0) is 42.5 Å². The summed E-state index contributed by atoms with van der Waals surface area (Å²) in [7, 11) is 4.79. The lowest BCUT2D eigenvalue weighted by molar-refractivity contribution is -0.110. The molecule has 0 atom stereocenters. The summed E-state index contributed by atoms with van der Waals surface area (Å²) in [6.45, 7) is 0. The second kappa shape index (κ2) is 6.04. The number of rotatable bonds is 4. The number of amides is 1. The first kappa shape index (κ1) is 15.0. The quantitative estimate of drug-likeness (QED) is 0.881. The monoisotopic (exact) mass is 311 g/mol. The Morgan fingerprint density at radius 3 is 2.30 bits per heavy atom. The Morgan fingerprint density at radius 2 is 1.61 bits per heavy atom. The second-order valence-corrected chi connectivity index (χ2v) is 5.03. The smallest absolute Gasteiger partial charge is 0.256 e. The van der Waals surface area contributed by atoms with Crippen LogP contribution in [0, 0.1) is 0 Å². The maximum Gasteiger partial charge on any atom is 0.256 e. The molecule has 0 aliphatic carbocycles. The fourth-order valence-corrected chi connectivity index (χ4v) is 2.55. The first-order chi connectivity index (χ1) is 11.2. The van der Waals surface area contributed by atoms with E-state index in [0.717, 1.165) is 16.8 Å². The summed E-state index contributed by atoms with van der Waals surface area (Å²) >= 11 is 0. The van der Waals surface area contributed by atoms with Crippen LogP contribution in [0.1, 0.15) is 11.1 Å². The molecule has 0 saturated heterocycles. The van der Waals surface area contributed by atoms with Crippen LogP contribution in [0.2, 0.25) is 0 Å². The molecule has 0 fully saturated rings. The Balaban J connectivity index is 2.12. The lowest BCUT2D eigenvalue weighted by Gasteiger charge is -2.08. The largest absolute Gasteiger partial charge is 0.497 e. The molecular weight excluding hydrogens is 294 g/mol. The van der Waals surface area contributed by atoms with Crippen molar-refractivity contribution in [2.45, 2.75) is 0 Å². The SMILES string of the molecule is COc1ccc(OC)c(/C=C2\C(=O)Nc3ccc(OC)cc32)c1. The minimum Gasteiger partial charge on any atom is -0.497 e. The molecule has 0 saturated carbocycles. The van der Waals surface area contributed by atoms with Crippen LogP contribution in [-0.4, -0.2) is 27.2 Å². The standard InChI is InChI=1S/C18H17NO4/c1-21-12-5-7-17(23-3)11(8-12)9-15-14-10-13(22-2)4-6-16(14)19-18(15)20/h4-10H,1-3H3,(H,19,20)/b15-9-. The zero-order valence-corrected chi connectivity index (χ0v) is 13.2. The van der Waals surface area contributed by atoms with E-state index >= 15 is 0 Å². The first-order valence-electron chi connectivity index (χ1n) is 7.09. The highest BCUT2D eigenvalue weighted by Crippen LogP contribution is 2.37. The predicted octanol–water partition coefficient (Wildman–Crippen LogP) is 3.21. The molecule has 2 aromatic rings. The molecule has 1 aliphatic heterocycles. The third kappa shape index (κ3) is 2.73. The van der Waals surface area contributed by atoms with Gasteiger partial charge in [0.1, 0.15) is 17.2 Å². The Hall–Kier alpha value is -2.95. The van der Waals surface area contributed by atoms with Crippen molar-refractivity contribution in [1.82, 2.24) is 0 Å². The van der Waals surface area contributed by atoms with Gasteiger partial charge < -0.3 is 19.5 Å². The molecule has 2 aromatic carbocycles. The highest BCUT2D eigenvalue weighted by atomic mass is 16.5. The van der Waals surface area contributed by atoms with E-state index in [1.807, 2.05) is 36.4 Å². The molecule has 5 heteroatoms. The topological polar surface area (TPSA) is 56.8 Å². The molecular formula is C18H17NO4. The fourth-order valence-electron chi connectivity index (χ4n) is 2.55. The van der Waals surface area contributed by atoms with Crippen LogP contribution in [0.25, 0.3) is 11.6 Å². The number of anilines is 1. The average molecular weight is 311 g/mol. The van der Waals surface area contributed by atoms with E-state index in [2.05, 4.69) is 5.32 Å². The molecule has 1 N–H and O–H groups in total. The number of hydrogen-bond donors (Lipinski definition) is 1. The van der Waals surface area contributed by atoms with Crippen molar-refractivity contribution >= 4 is 23.2 Å². The van der Waals surface area contributed by atoms with Gasteiger partial charge in [0.05, 0.1) is 21.3 Å². The van der Waals surface area contributed by atoms with Crippen molar-refractivity contribution in [2.75, 3.05) is 26.6 Å². The number of carbonyl (C=O) groups is 1. The van der Waals surface area contributed by atoms with Crippen molar-refractivity contribution in [2.24, 2.45) is 0 Å². The maximum absolute atomic E-state index is 12.3. The molecule has 118 valence electrons. The maximum atomic E-state index is 12.3. The van der Waals surface area contributed by atoms with E-state index in [1.54, 1.807) is 27.4 Å². The van der Waals surface area contributed by atoms with E-state index < -0.39 is 0 Å². The van der Waals surface area contributed by atoms with Crippen LogP contribution < -0.4 is 19.5 Å². The number of benzene rings is 2. The Kier molecular flexibility index (Phi) is 3.93. The first-order valence-corrected chi connectivity index (χ1v) is 7.09. The lowest BCUT2D eigenvalue weighted by atomic mass is 10.0. The zero-order chi connectivity index (χ0) is 16.4. The van der Waals surface area contributed by atoms with Crippen molar-refractivity contribution < 1.29 is 19.0 Å². The molecule has 1 heterocycles. The molecule has 0 bridgehead atoms. The molecule has 0 aromatic heterocycles. The second-order valence-electron chi connectivity index (χ2n) is 5.03. The summed E-state index contributed by atoms with van der Waals surface area (Å²) in [6, 6.07) is 10.9. The van der Waals surface area contributed by atoms with Gasteiger partial charge >= 0.3 is 0 Å². The molecule has 0 spiro atoms. The van der Waals surface area contributed by atoms with E-state index in [9.17, 15) is 4.79 Å². The minimum atomic E-state index is -0.155. The van der Waals surface area contributed by atoms with Gasteiger partial charge in [0, 0.05) is 22.4 Å². The Bertz CT molecular complexity index is 796. The number of methoxy groups -OCH3 is 3. The summed E-state index contributed by atoms with van der Waals surface area (Å²) in [5, 5.41) is 2.85. The summed E-state index contributed by atoms with van der Waals surface area (Å²) in [5.74, 6) is 1.91. The number of carbonyl (C=O) groups excluding carboxylic acids is 1. The molecule has 1 amide bonds. The molecule has 0 unspecified atom stereocenters. The number of hydrogen-bond acceptors (Lipinski definition) is 4. The number of ether oxygens (including phenoxy) is 3. The summed E-state index contributed by atoms with van der Waals surface area (Å²) < 4.78 is 15.9. The van der Waals surface area contributed by atoms with E-state index in [-0.39, 0.29) is 5.91 Å². The van der Waals surface area contributed by atoms with Crippen LogP contribution in [-0.2, 0) is 4.79 Å². The molecule has 23 heavy (non-hydrogen) atoms. The van der Waals surface area contributed by atoms with Gasteiger partial charge in [0.15, 0.2) is 0 Å². The van der Waals surface area contributed by atoms with Crippen molar-refractivity contribution in [3.8, 4) is 17.2 Å². The van der Waals surface area contributed by atoms with E-state index in [1.165, 1.54) is 0 Å². The minimum absolute atomic E-state index is 0.155. The zero-order valence-electron chi connectivity index (χ0n) is 13.2. The average Bonchev–Trinajstić information content (AvgIpc) is 2.89. The van der Waals surface area contributed by atoms with Crippen LogP contribution in [0.15, 0.2) is 36.4 Å². The Morgan fingerprint density at radius 1 is 0.913 bits per heavy atom. The summed E-state index contributed by atoms with van der Waals surface area (Å²) in [4.78, 5) is 12.3. The molecule has 5 nitrogen and oxygen atoms in total. The predicted molar refractivity (Wildman–Crippen MR) is 89.0 cm³/mol. The third-order valence-corrected chi connectivity index (χ3v) is 3.75. The van der Waals surface area contributed by atoms with E-state index in [4.69, 9.17) is 14.2 Å². The van der Waals surface area contributed by atoms with Crippen molar-refractivity contribution in [1.29, 1.82) is 0 Å². The fraction of sp³-hybridized carbons (Fsp3) is 0.167. The number of fused-ring (bicyclic) bond motifs is 1. The summed E-state index contributed by atoms with van der Waals surface area (Å²) in [6.07, 6.45) is 1.79. The number of nitrogens with one attached hydrogen (secondary N) is 1. The van der Waals surface area contributed by atoms with Crippen LogP contribution in [0.5, 0.6) is 17.2 Å². The highest BCUT2D eigenvalue weighted by Gasteiger charge is 2.25. The van der Waals surface area contributed by atoms with Gasteiger partial charge in [-0.2, -0.15) is 0 Å². The molecule has 1 aliphatic rings. The highest BCUT2D eigenvalue weighted by molar-refractivity contribution is 6.35. The van der Waals surface area contributed by atoms with Crippen LogP contribution in [0.3, 0.4) is 0 Å². The lowest BCUT2D eigenvalue weighted by Crippen LogP contribution is -2.03. The Labute approximate surface area is 134 Å². The van der Waals surface area contributed by atoms with Crippen molar-refractivity contribution in [3.63, 3.8) is 0 Å². The summed E-state index contributed by atoms with van der Waals surface area (Å²) in [5.41, 5.74) is 2.90. The third-order valence-electron chi connectivity index (χ3n) is 3.75. The normalized spacial score (nSPS) is 14.4. The van der Waals surface area contributed by atoms with Gasteiger partial charge in [-0.3, -0.25) is 4.79 Å². The molecule has 0 radical (unpaired) electrons. The van der Waals surface area contributed by atoms with Gasteiger partial charge in [0.25, 0.3) is 5.91 Å². The van der Waals surface area contributed by atoms with Gasteiger partial charge in [-0.25, -0.2) is 0 Å². The van der Waals surface area contributed by atoms with Gasteiger partial charge in [-0.15, -0.1) is 0 Å². The van der Waals surface area contributed by atoms with Crippen LogP contribution in [0.4, 0.5) is 5.69 Å². The van der Waals surface area contributed by atoms with Gasteiger partial charge in [-0.1, -0.05) is 0 Å².